The zero-order chi connectivity index (χ0) is 19.0. The van der Waals surface area contributed by atoms with Crippen LogP contribution in [0, 0.1) is 0 Å². The number of likely N-dealkylation sites (N-methyl/N-ethyl adjacent to an activating group) is 1. The van der Waals surface area contributed by atoms with Gasteiger partial charge in [0.15, 0.2) is 0 Å². The first-order chi connectivity index (χ1) is 13.1. The standard InChI is InChI=1S/C21H27N5O/c1-4-24(5-2)11-17-13-25(12-16-10-22-15-26(16)17)21(27)19-14-23(3)20-9-7-6-8-18(19)20/h6-10,14-15,17H,4-5,11-13H2,1-3H3. The van der Waals surface area contributed by atoms with Crippen LogP contribution < -0.4 is 0 Å². The van der Waals surface area contributed by atoms with Crippen LogP contribution in [0.1, 0.15) is 35.9 Å². The molecule has 1 unspecified atom stereocenters. The van der Waals surface area contributed by atoms with Gasteiger partial charge in [0, 0.05) is 43.4 Å². The highest BCUT2D eigenvalue weighted by Gasteiger charge is 2.30. The maximum absolute atomic E-state index is 13.4. The second-order valence-electron chi connectivity index (χ2n) is 7.29. The molecule has 6 heteroatoms. The van der Waals surface area contributed by atoms with Crippen LogP contribution in [-0.4, -0.2) is 56.0 Å². The lowest BCUT2D eigenvalue weighted by Crippen LogP contribution is -2.44. The summed E-state index contributed by atoms with van der Waals surface area (Å²) < 4.78 is 4.27. The SMILES string of the molecule is CCN(CC)CC1CN(C(=O)c2cn(C)c3ccccc23)Cc2cncn21. The van der Waals surface area contributed by atoms with Crippen LogP contribution in [0.3, 0.4) is 0 Å². The van der Waals surface area contributed by atoms with Gasteiger partial charge >= 0.3 is 0 Å². The highest BCUT2D eigenvalue weighted by Crippen LogP contribution is 2.27. The minimum Gasteiger partial charge on any atom is -0.350 e. The molecule has 0 saturated heterocycles. The van der Waals surface area contributed by atoms with Crippen molar-refractivity contribution < 1.29 is 4.79 Å². The normalized spacial score (nSPS) is 16.9. The summed E-state index contributed by atoms with van der Waals surface area (Å²) >= 11 is 0. The lowest BCUT2D eigenvalue weighted by atomic mass is 10.1. The molecule has 0 bridgehead atoms. The van der Waals surface area contributed by atoms with Crippen molar-refractivity contribution in [1.82, 2.24) is 23.9 Å². The number of imidazole rings is 1. The molecule has 0 N–H and O–H groups in total. The van der Waals surface area contributed by atoms with Crippen molar-refractivity contribution in [1.29, 1.82) is 0 Å². The lowest BCUT2D eigenvalue weighted by molar-refractivity contribution is 0.0657. The van der Waals surface area contributed by atoms with Crippen molar-refractivity contribution in [3.63, 3.8) is 0 Å². The fourth-order valence-electron chi connectivity index (χ4n) is 4.15. The first-order valence-electron chi connectivity index (χ1n) is 9.68. The van der Waals surface area contributed by atoms with E-state index in [0.29, 0.717) is 13.1 Å². The summed E-state index contributed by atoms with van der Waals surface area (Å²) in [6.45, 7) is 8.62. The summed E-state index contributed by atoms with van der Waals surface area (Å²) in [5.74, 6) is 0.101. The number of aromatic nitrogens is 3. The number of benzene rings is 1. The first kappa shape index (κ1) is 17.8. The van der Waals surface area contributed by atoms with Crippen molar-refractivity contribution in [3.8, 4) is 0 Å². The van der Waals surface area contributed by atoms with Gasteiger partial charge in [-0.3, -0.25) is 4.79 Å². The number of hydrogen-bond donors (Lipinski definition) is 0. The van der Waals surface area contributed by atoms with Crippen molar-refractivity contribution in [3.05, 3.63) is 54.2 Å². The molecule has 27 heavy (non-hydrogen) atoms. The number of hydrogen-bond acceptors (Lipinski definition) is 3. The van der Waals surface area contributed by atoms with E-state index in [2.05, 4.69) is 34.4 Å². The fraction of sp³-hybridized carbons (Fsp3) is 0.429. The van der Waals surface area contributed by atoms with Crippen LogP contribution in [0.5, 0.6) is 0 Å². The molecular formula is C21H27N5O. The molecule has 0 spiro atoms. The average molecular weight is 365 g/mol. The summed E-state index contributed by atoms with van der Waals surface area (Å²) in [5.41, 5.74) is 2.97. The Morgan fingerprint density at radius 2 is 2.04 bits per heavy atom. The average Bonchev–Trinajstić information content (AvgIpc) is 3.30. The van der Waals surface area contributed by atoms with E-state index in [4.69, 9.17) is 0 Å². The second kappa shape index (κ2) is 7.19. The van der Waals surface area contributed by atoms with Crippen molar-refractivity contribution in [2.75, 3.05) is 26.2 Å². The Labute approximate surface area is 160 Å². The molecule has 1 aromatic carbocycles. The van der Waals surface area contributed by atoms with Gasteiger partial charge in [-0.2, -0.15) is 0 Å². The highest BCUT2D eigenvalue weighted by atomic mass is 16.2. The quantitative estimate of drug-likeness (QED) is 0.698. The van der Waals surface area contributed by atoms with Gasteiger partial charge in [0.05, 0.1) is 30.2 Å². The van der Waals surface area contributed by atoms with E-state index in [9.17, 15) is 4.79 Å². The number of carbonyl (C=O) groups excluding carboxylic acids is 1. The largest absolute Gasteiger partial charge is 0.350 e. The van der Waals surface area contributed by atoms with Crippen molar-refractivity contribution in [2.45, 2.75) is 26.4 Å². The Bertz CT molecular complexity index is 953. The van der Waals surface area contributed by atoms with Crippen LogP contribution in [-0.2, 0) is 13.6 Å². The minimum absolute atomic E-state index is 0.101. The molecule has 3 aromatic rings. The summed E-state index contributed by atoms with van der Waals surface area (Å²) in [4.78, 5) is 22.1. The van der Waals surface area contributed by atoms with Gasteiger partial charge in [-0.05, 0) is 19.2 Å². The number of aryl methyl sites for hydroxylation is 1. The predicted octanol–water partition coefficient (Wildman–Crippen LogP) is 2.91. The van der Waals surface area contributed by atoms with Crippen LogP contribution in [0.2, 0.25) is 0 Å². The van der Waals surface area contributed by atoms with Crippen LogP contribution in [0.25, 0.3) is 10.9 Å². The Morgan fingerprint density at radius 3 is 2.81 bits per heavy atom. The van der Waals surface area contributed by atoms with E-state index in [-0.39, 0.29) is 11.9 Å². The molecule has 142 valence electrons. The molecule has 0 radical (unpaired) electrons. The molecule has 1 amide bonds. The van der Waals surface area contributed by atoms with E-state index in [1.54, 1.807) is 0 Å². The zero-order valence-electron chi connectivity index (χ0n) is 16.3. The summed E-state index contributed by atoms with van der Waals surface area (Å²) in [6.07, 6.45) is 5.75. The van der Waals surface area contributed by atoms with Crippen molar-refractivity contribution in [2.24, 2.45) is 7.05 Å². The van der Waals surface area contributed by atoms with Gasteiger partial charge in [-0.1, -0.05) is 32.0 Å². The molecule has 4 rings (SSSR count). The Morgan fingerprint density at radius 1 is 1.26 bits per heavy atom. The Balaban J connectivity index is 1.65. The molecule has 1 atom stereocenters. The molecule has 1 aliphatic rings. The third-order valence-electron chi connectivity index (χ3n) is 5.70. The topological polar surface area (TPSA) is 46.3 Å². The maximum Gasteiger partial charge on any atom is 0.256 e. The van der Waals surface area contributed by atoms with E-state index in [1.165, 1.54) is 0 Å². The molecule has 6 nitrogen and oxygen atoms in total. The fourth-order valence-corrected chi connectivity index (χ4v) is 4.15. The zero-order valence-corrected chi connectivity index (χ0v) is 16.3. The first-order valence-corrected chi connectivity index (χ1v) is 9.68. The highest BCUT2D eigenvalue weighted by molar-refractivity contribution is 6.07. The van der Waals surface area contributed by atoms with Gasteiger partial charge in [0.2, 0.25) is 0 Å². The van der Waals surface area contributed by atoms with Gasteiger partial charge in [-0.15, -0.1) is 0 Å². The number of amides is 1. The predicted molar refractivity (Wildman–Crippen MR) is 107 cm³/mol. The minimum atomic E-state index is 0.101. The number of nitrogens with zero attached hydrogens (tertiary/aromatic N) is 5. The molecule has 0 aliphatic carbocycles. The molecular weight excluding hydrogens is 338 g/mol. The summed E-state index contributed by atoms with van der Waals surface area (Å²) in [6, 6.07) is 8.32. The summed E-state index contributed by atoms with van der Waals surface area (Å²) in [5, 5.41) is 1.02. The molecule has 0 saturated carbocycles. The van der Waals surface area contributed by atoms with E-state index in [1.807, 2.05) is 53.4 Å². The monoisotopic (exact) mass is 365 g/mol. The van der Waals surface area contributed by atoms with Gasteiger partial charge in [-0.25, -0.2) is 4.98 Å². The number of carbonyl (C=O) groups is 1. The molecule has 2 aromatic heterocycles. The number of rotatable bonds is 5. The van der Waals surface area contributed by atoms with Gasteiger partial charge in [0.25, 0.3) is 5.91 Å². The summed E-state index contributed by atoms with van der Waals surface area (Å²) in [7, 11) is 1.99. The lowest BCUT2D eigenvalue weighted by Gasteiger charge is -2.36. The third kappa shape index (κ3) is 3.14. The van der Waals surface area contributed by atoms with Crippen LogP contribution in [0.4, 0.5) is 0 Å². The van der Waals surface area contributed by atoms with E-state index >= 15 is 0 Å². The van der Waals surface area contributed by atoms with Gasteiger partial charge < -0.3 is 18.9 Å². The number of para-hydroxylation sites is 1. The smallest absolute Gasteiger partial charge is 0.256 e. The Hall–Kier alpha value is -2.60. The molecule has 3 heterocycles. The van der Waals surface area contributed by atoms with Crippen LogP contribution in [0.15, 0.2) is 43.0 Å². The second-order valence-corrected chi connectivity index (χ2v) is 7.29. The van der Waals surface area contributed by atoms with E-state index < -0.39 is 0 Å². The van der Waals surface area contributed by atoms with Crippen molar-refractivity contribution >= 4 is 16.8 Å². The van der Waals surface area contributed by atoms with Gasteiger partial charge in [0.1, 0.15) is 0 Å². The maximum atomic E-state index is 13.4. The number of fused-ring (bicyclic) bond motifs is 2. The Kier molecular flexibility index (Phi) is 4.74. The van der Waals surface area contributed by atoms with E-state index in [0.717, 1.165) is 41.8 Å². The third-order valence-corrected chi connectivity index (χ3v) is 5.70. The molecule has 0 fully saturated rings. The molecule has 1 aliphatic heterocycles. The van der Waals surface area contributed by atoms with Crippen LogP contribution >= 0.6 is 0 Å².